The van der Waals surface area contributed by atoms with Gasteiger partial charge in [-0.2, -0.15) is 0 Å². The lowest BCUT2D eigenvalue weighted by atomic mass is 9.85. The zero-order chi connectivity index (χ0) is 14.5. The van der Waals surface area contributed by atoms with Crippen molar-refractivity contribution in [2.45, 2.75) is 56.6 Å². The number of hydrazine groups is 1. The first-order chi connectivity index (χ1) is 10.4. The molecule has 0 spiro atoms. The average molecular weight is 290 g/mol. The second-order valence-electron chi connectivity index (χ2n) is 6.20. The van der Waals surface area contributed by atoms with Crippen molar-refractivity contribution in [2.24, 2.45) is 5.84 Å². The van der Waals surface area contributed by atoms with Gasteiger partial charge in [0, 0.05) is 12.6 Å². The molecule has 0 aliphatic carbocycles. The second kappa shape index (κ2) is 7.25. The van der Waals surface area contributed by atoms with Crippen LogP contribution >= 0.6 is 0 Å². The summed E-state index contributed by atoms with van der Waals surface area (Å²) in [5.74, 6) is 7.36. The van der Waals surface area contributed by atoms with Gasteiger partial charge in [0.05, 0.1) is 12.7 Å². The molecule has 0 aromatic heterocycles. The van der Waals surface area contributed by atoms with Crippen LogP contribution in [0.25, 0.3) is 0 Å². The normalized spacial score (nSPS) is 26.7. The molecule has 116 valence electrons. The first-order valence-corrected chi connectivity index (χ1v) is 8.16. The maximum absolute atomic E-state index is 5.85. The van der Waals surface area contributed by atoms with Crippen LogP contribution in [-0.4, -0.2) is 25.4 Å². The number of hydrogen-bond acceptors (Lipinski definition) is 4. The average Bonchev–Trinajstić information content (AvgIpc) is 2.55. The van der Waals surface area contributed by atoms with Crippen LogP contribution in [0.2, 0.25) is 0 Å². The molecule has 2 heterocycles. The molecule has 3 atom stereocenters. The van der Waals surface area contributed by atoms with E-state index in [1.807, 2.05) is 6.07 Å². The Bertz CT molecular complexity index is 446. The highest BCUT2D eigenvalue weighted by Crippen LogP contribution is 2.36. The van der Waals surface area contributed by atoms with Crippen molar-refractivity contribution in [3.05, 3.63) is 29.8 Å². The van der Waals surface area contributed by atoms with Gasteiger partial charge in [0.1, 0.15) is 5.75 Å². The number of fused-ring (bicyclic) bond motifs is 1. The molecule has 1 aromatic carbocycles. The molecule has 1 saturated heterocycles. The zero-order valence-corrected chi connectivity index (χ0v) is 12.6. The molecule has 0 amide bonds. The summed E-state index contributed by atoms with van der Waals surface area (Å²) in [7, 11) is 0. The first kappa shape index (κ1) is 14.8. The van der Waals surface area contributed by atoms with E-state index in [2.05, 4.69) is 23.6 Å². The second-order valence-corrected chi connectivity index (χ2v) is 6.20. The van der Waals surface area contributed by atoms with Gasteiger partial charge in [-0.25, -0.2) is 0 Å². The van der Waals surface area contributed by atoms with Crippen molar-refractivity contribution in [2.75, 3.05) is 13.2 Å². The third kappa shape index (κ3) is 3.76. The lowest BCUT2D eigenvalue weighted by Gasteiger charge is -2.31. The Hall–Kier alpha value is -1.10. The van der Waals surface area contributed by atoms with Crippen molar-refractivity contribution in [3.63, 3.8) is 0 Å². The van der Waals surface area contributed by atoms with Crippen LogP contribution in [-0.2, 0) is 4.74 Å². The lowest BCUT2D eigenvalue weighted by molar-refractivity contribution is 0.00405. The lowest BCUT2D eigenvalue weighted by Crippen LogP contribution is -2.40. The van der Waals surface area contributed by atoms with E-state index in [0.717, 1.165) is 38.2 Å². The van der Waals surface area contributed by atoms with Crippen LogP contribution < -0.4 is 16.0 Å². The van der Waals surface area contributed by atoms with Crippen molar-refractivity contribution in [1.82, 2.24) is 5.43 Å². The summed E-state index contributed by atoms with van der Waals surface area (Å²) >= 11 is 0. The fourth-order valence-electron chi connectivity index (χ4n) is 3.55. The van der Waals surface area contributed by atoms with Gasteiger partial charge in [-0.15, -0.1) is 0 Å². The summed E-state index contributed by atoms with van der Waals surface area (Å²) in [5, 5.41) is 0. The van der Waals surface area contributed by atoms with Crippen LogP contribution in [0.1, 0.15) is 50.0 Å². The zero-order valence-electron chi connectivity index (χ0n) is 12.6. The number of benzene rings is 1. The molecule has 3 rings (SSSR count). The summed E-state index contributed by atoms with van der Waals surface area (Å²) in [4.78, 5) is 0. The minimum absolute atomic E-state index is 0.309. The van der Waals surface area contributed by atoms with Crippen molar-refractivity contribution in [1.29, 1.82) is 0 Å². The third-order valence-electron chi connectivity index (χ3n) is 4.71. The minimum Gasteiger partial charge on any atom is -0.493 e. The molecule has 21 heavy (non-hydrogen) atoms. The number of nitrogens with one attached hydrogen (secondary N) is 1. The van der Waals surface area contributed by atoms with E-state index in [4.69, 9.17) is 15.3 Å². The van der Waals surface area contributed by atoms with E-state index in [9.17, 15) is 0 Å². The smallest absolute Gasteiger partial charge is 0.122 e. The molecule has 2 aliphatic heterocycles. The maximum atomic E-state index is 5.85. The Balaban J connectivity index is 1.61. The van der Waals surface area contributed by atoms with Crippen molar-refractivity contribution < 1.29 is 9.47 Å². The fraction of sp³-hybridized carbons (Fsp3) is 0.647. The fourth-order valence-corrected chi connectivity index (χ4v) is 3.55. The van der Waals surface area contributed by atoms with E-state index in [1.165, 1.54) is 24.8 Å². The van der Waals surface area contributed by atoms with E-state index < -0.39 is 0 Å². The van der Waals surface area contributed by atoms with Crippen LogP contribution in [0.5, 0.6) is 5.75 Å². The SMILES string of the molecule is NNC(CC1CCCCO1)CC1CCOc2ccccc21. The van der Waals surface area contributed by atoms with Crippen LogP contribution in [0.3, 0.4) is 0 Å². The Morgan fingerprint density at radius 2 is 2.05 bits per heavy atom. The van der Waals surface area contributed by atoms with Gasteiger partial charge in [0.2, 0.25) is 0 Å². The van der Waals surface area contributed by atoms with E-state index in [-0.39, 0.29) is 0 Å². The van der Waals surface area contributed by atoms with Crippen molar-refractivity contribution >= 4 is 0 Å². The summed E-state index contributed by atoms with van der Waals surface area (Å²) in [6.07, 6.45) is 7.15. The highest BCUT2D eigenvalue weighted by molar-refractivity contribution is 5.37. The van der Waals surface area contributed by atoms with Gasteiger partial charge in [-0.3, -0.25) is 11.3 Å². The predicted octanol–water partition coefficient (Wildman–Crippen LogP) is 2.73. The largest absolute Gasteiger partial charge is 0.493 e. The van der Waals surface area contributed by atoms with Crippen LogP contribution in [0, 0.1) is 0 Å². The number of hydrogen-bond donors (Lipinski definition) is 2. The number of ether oxygens (including phenoxy) is 2. The van der Waals surface area contributed by atoms with Gasteiger partial charge in [-0.1, -0.05) is 18.2 Å². The molecule has 4 heteroatoms. The van der Waals surface area contributed by atoms with Crippen molar-refractivity contribution in [3.8, 4) is 5.75 Å². The molecule has 0 saturated carbocycles. The molecule has 4 nitrogen and oxygen atoms in total. The number of rotatable bonds is 5. The Kier molecular flexibility index (Phi) is 5.12. The van der Waals surface area contributed by atoms with Gasteiger partial charge in [-0.05, 0) is 56.1 Å². The number of para-hydroxylation sites is 1. The van der Waals surface area contributed by atoms with E-state index in [0.29, 0.717) is 18.1 Å². The van der Waals surface area contributed by atoms with Crippen LogP contribution in [0.15, 0.2) is 24.3 Å². The minimum atomic E-state index is 0.309. The van der Waals surface area contributed by atoms with Gasteiger partial charge in [0.15, 0.2) is 0 Å². The van der Waals surface area contributed by atoms with E-state index in [1.54, 1.807) is 0 Å². The van der Waals surface area contributed by atoms with Gasteiger partial charge < -0.3 is 9.47 Å². The molecule has 1 fully saturated rings. The molecule has 0 radical (unpaired) electrons. The molecular weight excluding hydrogens is 264 g/mol. The summed E-state index contributed by atoms with van der Waals surface area (Å²) in [6, 6.07) is 8.69. The first-order valence-electron chi connectivity index (χ1n) is 8.16. The maximum Gasteiger partial charge on any atom is 0.122 e. The molecule has 3 N–H and O–H groups in total. The molecular formula is C17H26N2O2. The Morgan fingerprint density at radius 1 is 1.14 bits per heavy atom. The monoisotopic (exact) mass is 290 g/mol. The Morgan fingerprint density at radius 3 is 2.86 bits per heavy atom. The standard InChI is InChI=1S/C17H26N2O2/c18-19-14(12-15-5-3-4-9-20-15)11-13-8-10-21-17-7-2-1-6-16(13)17/h1-2,6-7,13-15,19H,3-5,8-12,18H2. The molecule has 2 aliphatic rings. The molecule has 0 bridgehead atoms. The highest BCUT2D eigenvalue weighted by atomic mass is 16.5. The summed E-state index contributed by atoms with van der Waals surface area (Å²) in [5.41, 5.74) is 4.33. The molecule has 1 aromatic rings. The molecule has 3 unspecified atom stereocenters. The topological polar surface area (TPSA) is 56.5 Å². The predicted molar refractivity (Wildman–Crippen MR) is 83.2 cm³/mol. The summed E-state index contributed by atoms with van der Waals surface area (Å²) in [6.45, 7) is 1.71. The van der Waals surface area contributed by atoms with Gasteiger partial charge >= 0.3 is 0 Å². The quantitative estimate of drug-likeness (QED) is 0.647. The third-order valence-corrected chi connectivity index (χ3v) is 4.71. The number of nitrogens with two attached hydrogens (primary N) is 1. The van der Waals surface area contributed by atoms with Crippen LogP contribution in [0.4, 0.5) is 0 Å². The highest BCUT2D eigenvalue weighted by Gasteiger charge is 2.26. The Labute approximate surface area is 127 Å². The summed E-state index contributed by atoms with van der Waals surface area (Å²) < 4.78 is 11.6. The van der Waals surface area contributed by atoms with Gasteiger partial charge in [0.25, 0.3) is 0 Å². The van der Waals surface area contributed by atoms with E-state index >= 15 is 0 Å².